The Hall–Kier alpha value is -2.66. The van der Waals surface area contributed by atoms with Crippen LogP contribution in [0.25, 0.3) is 11.2 Å². The first kappa shape index (κ1) is 17.7. The van der Waals surface area contributed by atoms with Crippen molar-refractivity contribution in [3.63, 3.8) is 0 Å². The normalized spacial score (nSPS) is 26.6. The quantitative estimate of drug-likeness (QED) is 0.527. The molecule has 1 aromatic carbocycles. The molecule has 3 heterocycles. The molecule has 0 aliphatic carbocycles. The number of aromatic nitrogens is 3. The van der Waals surface area contributed by atoms with E-state index in [1.807, 2.05) is 0 Å². The van der Waals surface area contributed by atoms with Crippen LogP contribution in [0.3, 0.4) is 0 Å². The molecule has 0 unspecified atom stereocenters. The first-order valence-electron chi connectivity index (χ1n) is 8.10. The molecule has 1 aliphatic rings. The number of imidazole rings is 1. The van der Waals surface area contributed by atoms with E-state index in [1.54, 1.807) is 6.07 Å². The predicted molar refractivity (Wildman–Crippen MR) is 89.2 cm³/mol. The Morgan fingerprint density at radius 3 is 2.63 bits per heavy atom. The van der Waals surface area contributed by atoms with Crippen LogP contribution in [-0.2, 0) is 4.74 Å². The standard InChI is InChI=1S/C17H16F2N4O4/c18-8-2-1-7(5-9(8)19)12(24)15-13(25)14(26)17(27-15)23-6-22-11-10(20)3-4-21-16(11)23/h1-6,12-15,17,24-26H,(H2,20,21)/t12-,13+,14-,15-,17-/m1/s1. The third-order valence-corrected chi connectivity index (χ3v) is 4.64. The first-order valence-corrected chi connectivity index (χ1v) is 8.10. The van der Waals surface area contributed by atoms with Gasteiger partial charge in [-0.3, -0.25) is 4.57 Å². The third kappa shape index (κ3) is 2.82. The molecule has 27 heavy (non-hydrogen) atoms. The van der Waals surface area contributed by atoms with Crippen LogP contribution >= 0.6 is 0 Å². The number of halogens is 2. The minimum absolute atomic E-state index is 0.00339. The summed E-state index contributed by atoms with van der Waals surface area (Å²) in [5, 5.41) is 31.2. The van der Waals surface area contributed by atoms with Crippen molar-refractivity contribution in [2.75, 3.05) is 5.73 Å². The zero-order chi connectivity index (χ0) is 19.3. The third-order valence-electron chi connectivity index (χ3n) is 4.64. The van der Waals surface area contributed by atoms with Gasteiger partial charge >= 0.3 is 0 Å². The number of aliphatic hydroxyl groups is 3. The molecular weight excluding hydrogens is 362 g/mol. The fourth-order valence-electron chi connectivity index (χ4n) is 3.20. The van der Waals surface area contributed by atoms with Crippen LogP contribution in [0.1, 0.15) is 17.9 Å². The molecule has 1 fully saturated rings. The lowest BCUT2D eigenvalue weighted by Gasteiger charge is -2.21. The van der Waals surface area contributed by atoms with Gasteiger partial charge in [-0.25, -0.2) is 18.7 Å². The Labute approximate surface area is 151 Å². The van der Waals surface area contributed by atoms with Gasteiger partial charge in [0.25, 0.3) is 0 Å². The lowest BCUT2D eigenvalue weighted by Crippen LogP contribution is -2.34. The number of nitrogens with two attached hydrogens (primary N) is 1. The number of fused-ring (bicyclic) bond motifs is 1. The molecule has 0 radical (unpaired) electrons. The van der Waals surface area contributed by atoms with Gasteiger partial charge in [-0.2, -0.15) is 0 Å². The number of rotatable bonds is 3. The monoisotopic (exact) mass is 378 g/mol. The van der Waals surface area contributed by atoms with Gasteiger partial charge in [-0.1, -0.05) is 6.07 Å². The van der Waals surface area contributed by atoms with Gasteiger partial charge in [0, 0.05) is 6.20 Å². The smallest absolute Gasteiger partial charge is 0.165 e. The molecule has 2 aromatic heterocycles. The lowest BCUT2D eigenvalue weighted by atomic mass is 9.99. The number of pyridine rings is 1. The van der Waals surface area contributed by atoms with Gasteiger partial charge in [0.15, 0.2) is 23.5 Å². The zero-order valence-electron chi connectivity index (χ0n) is 13.8. The van der Waals surface area contributed by atoms with Crippen LogP contribution in [0.2, 0.25) is 0 Å². The van der Waals surface area contributed by atoms with Gasteiger partial charge in [0.1, 0.15) is 29.9 Å². The molecular formula is C17H16F2N4O4. The van der Waals surface area contributed by atoms with E-state index in [0.717, 1.165) is 12.1 Å². The second-order valence-electron chi connectivity index (χ2n) is 6.32. The van der Waals surface area contributed by atoms with Crippen molar-refractivity contribution < 1.29 is 28.8 Å². The summed E-state index contributed by atoms with van der Waals surface area (Å²) >= 11 is 0. The molecule has 4 rings (SSSR count). The van der Waals surface area contributed by atoms with E-state index >= 15 is 0 Å². The van der Waals surface area contributed by atoms with Crippen molar-refractivity contribution in [1.82, 2.24) is 14.5 Å². The molecule has 0 saturated carbocycles. The summed E-state index contributed by atoms with van der Waals surface area (Å²) in [5.74, 6) is -2.21. The zero-order valence-corrected chi connectivity index (χ0v) is 13.8. The summed E-state index contributed by atoms with van der Waals surface area (Å²) < 4.78 is 33.6. The minimum atomic E-state index is -1.50. The fraction of sp³-hybridized carbons (Fsp3) is 0.294. The molecule has 5 atom stereocenters. The van der Waals surface area contributed by atoms with Crippen LogP contribution < -0.4 is 5.73 Å². The minimum Gasteiger partial charge on any atom is -0.397 e. The van der Waals surface area contributed by atoms with Gasteiger partial charge in [0.2, 0.25) is 0 Å². The second-order valence-corrected chi connectivity index (χ2v) is 6.32. The number of aliphatic hydroxyl groups excluding tert-OH is 3. The summed E-state index contributed by atoms with van der Waals surface area (Å²) in [5.41, 5.74) is 6.94. The van der Waals surface area contributed by atoms with Gasteiger partial charge in [0.05, 0.1) is 12.0 Å². The van der Waals surface area contributed by atoms with Crippen molar-refractivity contribution in [2.24, 2.45) is 0 Å². The van der Waals surface area contributed by atoms with Gasteiger partial charge in [-0.05, 0) is 23.8 Å². The summed E-state index contributed by atoms with van der Waals surface area (Å²) in [6, 6.07) is 4.41. The van der Waals surface area contributed by atoms with Crippen molar-refractivity contribution in [3.05, 3.63) is 54.0 Å². The maximum absolute atomic E-state index is 13.4. The average Bonchev–Trinajstić information content (AvgIpc) is 3.20. The molecule has 0 spiro atoms. The highest BCUT2D eigenvalue weighted by molar-refractivity contribution is 5.83. The molecule has 0 bridgehead atoms. The van der Waals surface area contributed by atoms with E-state index in [9.17, 15) is 24.1 Å². The SMILES string of the molecule is Nc1ccnc2c1ncn2[C@@H]1O[C@H]([C@H](O)c2ccc(F)c(F)c2)[C@@H](O)[C@H]1O. The Balaban J connectivity index is 1.66. The number of hydrogen-bond acceptors (Lipinski definition) is 7. The summed E-state index contributed by atoms with van der Waals surface area (Å²) in [7, 11) is 0. The molecule has 1 saturated heterocycles. The number of nitrogens with zero attached hydrogens (tertiary/aromatic N) is 3. The van der Waals surface area contributed by atoms with Crippen LogP contribution in [0, 0.1) is 11.6 Å². The van der Waals surface area contributed by atoms with E-state index in [0.29, 0.717) is 16.9 Å². The van der Waals surface area contributed by atoms with Crippen molar-refractivity contribution in [3.8, 4) is 0 Å². The van der Waals surface area contributed by atoms with Crippen LogP contribution in [-0.4, -0.2) is 48.2 Å². The maximum Gasteiger partial charge on any atom is 0.165 e. The van der Waals surface area contributed by atoms with Crippen molar-refractivity contribution >= 4 is 16.9 Å². The fourth-order valence-corrected chi connectivity index (χ4v) is 3.20. The molecule has 142 valence electrons. The Bertz CT molecular complexity index is 998. The topological polar surface area (TPSA) is 127 Å². The molecule has 0 amide bonds. The highest BCUT2D eigenvalue weighted by Gasteiger charge is 2.47. The Morgan fingerprint density at radius 2 is 1.89 bits per heavy atom. The maximum atomic E-state index is 13.4. The molecule has 8 nitrogen and oxygen atoms in total. The van der Waals surface area contributed by atoms with Crippen LogP contribution in [0.5, 0.6) is 0 Å². The van der Waals surface area contributed by atoms with Crippen LogP contribution in [0.15, 0.2) is 36.8 Å². The van der Waals surface area contributed by atoms with Gasteiger partial charge < -0.3 is 25.8 Å². The van der Waals surface area contributed by atoms with Crippen LogP contribution in [0.4, 0.5) is 14.5 Å². The molecule has 10 heteroatoms. The van der Waals surface area contributed by atoms with E-state index in [-0.39, 0.29) is 5.56 Å². The molecule has 3 aromatic rings. The lowest BCUT2D eigenvalue weighted by molar-refractivity contribution is -0.0850. The number of anilines is 1. The average molecular weight is 378 g/mol. The largest absolute Gasteiger partial charge is 0.397 e. The van der Waals surface area contributed by atoms with E-state index in [4.69, 9.17) is 10.5 Å². The first-order chi connectivity index (χ1) is 12.9. The summed E-state index contributed by atoms with van der Waals surface area (Å²) in [4.78, 5) is 8.27. The number of ether oxygens (including phenoxy) is 1. The van der Waals surface area contributed by atoms with E-state index in [2.05, 4.69) is 9.97 Å². The molecule has 1 aliphatic heterocycles. The van der Waals surface area contributed by atoms with E-state index in [1.165, 1.54) is 23.2 Å². The predicted octanol–water partition coefficient (Wildman–Crippen LogP) is 0.644. The highest BCUT2D eigenvalue weighted by atomic mass is 19.2. The Kier molecular flexibility index (Phi) is 4.27. The molecule has 5 N–H and O–H groups in total. The summed E-state index contributed by atoms with van der Waals surface area (Å²) in [6.07, 6.45) is -3.99. The second kappa shape index (κ2) is 6.50. The number of benzene rings is 1. The summed E-state index contributed by atoms with van der Waals surface area (Å²) in [6.45, 7) is 0. The van der Waals surface area contributed by atoms with E-state index < -0.39 is 42.3 Å². The van der Waals surface area contributed by atoms with Crippen molar-refractivity contribution in [1.29, 1.82) is 0 Å². The van der Waals surface area contributed by atoms with Gasteiger partial charge in [-0.15, -0.1) is 0 Å². The van der Waals surface area contributed by atoms with Crippen molar-refractivity contribution in [2.45, 2.75) is 30.6 Å². The highest BCUT2D eigenvalue weighted by Crippen LogP contribution is 2.37. The Morgan fingerprint density at radius 1 is 1.11 bits per heavy atom. The number of nitrogen functional groups attached to an aromatic ring is 1. The number of hydrogen-bond donors (Lipinski definition) is 4.